The Morgan fingerprint density at radius 1 is 0.500 bits per heavy atom. The van der Waals surface area contributed by atoms with Gasteiger partial charge in [-0.1, -0.05) is 35.3 Å². The molecule has 0 radical (unpaired) electrons. The minimum atomic E-state index is -0.364. The predicted octanol–water partition coefficient (Wildman–Crippen LogP) is 8.02. The first-order valence-corrected chi connectivity index (χ1v) is 27.1. The summed E-state index contributed by atoms with van der Waals surface area (Å²) in [6, 6.07) is 16.2. The van der Waals surface area contributed by atoms with Gasteiger partial charge in [-0.15, -0.1) is 0 Å². The fraction of sp³-hybridized carbons (Fsp3) is 0.500. The van der Waals surface area contributed by atoms with Gasteiger partial charge in [0.1, 0.15) is 0 Å². The lowest BCUT2D eigenvalue weighted by Gasteiger charge is -2.40. The summed E-state index contributed by atoms with van der Waals surface area (Å²) in [5, 5.41) is 1.53. The second-order valence-electron chi connectivity index (χ2n) is 19.7. The number of pyridine rings is 2. The molecule has 2 aromatic heterocycles. The van der Waals surface area contributed by atoms with Crippen LogP contribution in [0.1, 0.15) is 95.4 Å². The van der Waals surface area contributed by atoms with Gasteiger partial charge in [0.2, 0.25) is 11.8 Å². The minimum Gasteiger partial charge on any atom is -0.351 e. The molecular formula is C52H62Br2Cl2N10O4. The fourth-order valence-corrected chi connectivity index (χ4v) is 12.6. The van der Waals surface area contributed by atoms with Gasteiger partial charge in [0, 0.05) is 123 Å². The van der Waals surface area contributed by atoms with Crippen LogP contribution in [0, 0.1) is 11.8 Å². The molecule has 2 aromatic carbocycles. The number of hydrogen-bond acceptors (Lipinski definition) is 8. The summed E-state index contributed by atoms with van der Waals surface area (Å²) in [6.45, 7) is 8.65. The zero-order valence-electron chi connectivity index (χ0n) is 39.5. The van der Waals surface area contributed by atoms with Crippen LogP contribution in [0.2, 0.25) is 10.0 Å². The average molecular weight is 1120 g/mol. The summed E-state index contributed by atoms with van der Waals surface area (Å²) < 4.78 is 1.99. The van der Waals surface area contributed by atoms with Crippen LogP contribution in [0.4, 0.5) is 9.59 Å². The molecule has 10 rings (SSSR count). The van der Waals surface area contributed by atoms with Crippen molar-refractivity contribution in [3.63, 3.8) is 0 Å². The minimum absolute atomic E-state index is 0.0586. The van der Waals surface area contributed by atoms with Gasteiger partial charge in [0.15, 0.2) is 0 Å². The van der Waals surface area contributed by atoms with Gasteiger partial charge in [-0.05, 0) is 165 Å². The van der Waals surface area contributed by atoms with Gasteiger partial charge in [-0.2, -0.15) is 0 Å². The molecule has 4 aliphatic heterocycles. The summed E-state index contributed by atoms with van der Waals surface area (Å²) in [5.74, 6) is 1.09. The molecule has 6 aliphatic rings. The molecule has 14 nitrogen and oxygen atoms in total. The highest BCUT2D eigenvalue weighted by Gasteiger charge is 2.36. The number of primary amides is 2. The number of amides is 6. The second-order valence-corrected chi connectivity index (χ2v) is 22.4. The Kier molecular flexibility index (Phi) is 16.4. The van der Waals surface area contributed by atoms with Crippen molar-refractivity contribution in [3.05, 3.63) is 125 Å². The van der Waals surface area contributed by atoms with Crippen LogP contribution in [0.5, 0.6) is 0 Å². The molecule has 4 saturated heterocycles. The van der Waals surface area contributed by atoms with E-state index in [2.05, 4.69) is 78.1 Å². The molecule has 4 N–H and O–H groups in total. The number of likely N-dealkylation sites (tertiary alicyclic amines) is 2. The maximum Gasteiger partial charge on any atom is 0.314 e. The highest BCUT2D eigenvalue weighted by molar-refractivity contribution is 9.10. The number of nitrogens with zero attached hydrogens (tertiary/aromatic N) is 8. The van der Waals surface area contributed by atoms with E-state index in [0.29, 0.717) is 77.0 Å². The number of aromatic nitrogens is 2. The van der Waals surface area contributed by atoms with Gasteiger partial charge in [0.05, 0.1) is 23.5 Å². The monoisotopic (exact) mass is 1120 g/mol. The number of halogens is 4. The number of benzene rings is 2. The second kappa shape index (κ2) is 22.6. The highest BCUT2D eigenvalue weighted by atomic mass is 79.9. The highest BCUT2D eigenvalue weighted by Crippen LogP contribution is 2.40. The van der Waals surface area contributed by atoms with Gasteiger partial charge in [0.25, 0.3) is 0 Å². The first-order chi connectivity index (χ1) is 33.8. The Morgan fingerprint density at radius 2 is 0.857 bits per heavy atom. The SMILES string of the molecule is NC(=O)N1CCC(CC(=O)N2CCN([C@@H]3c4ccc(Cl)cc4CCc4cc(Br)cnc43)CC2)CC1.NC(=O)N1CCC(CC(=O)N2CCN([C@H]3c4ccc(Cl)cc4CCc4cc(Br)cnc43)CC2)CC1. The molecule has 6 amide bonds. The van der Waals surface area contributed by atoms with E-state index in [-0.39, 0.29) is 36.0 Å². The van der Waals surface area contributed by atoms with Gasteiger partial charge in [-0.3, -0.25) is 29.4 Å². The predicted molar refractivity (Wildman–Crippen MR) is 279 cm³/mol. The van der Waals surface area contributed by atoms with E-state index < -0.39 is 0 Å². The van der Waals surface area contributed by atoms with Gasteiger partial charge >= 0.3 is 12.1 Å². The van der Waals surface area contributed by atoms with Crippen molar-refractivity contribution < 1.29 is 19.2 Å². The maximum absolute atomic E-state index is 13.1. The molecule has 372 valence electrons. The summed E-state index contributed by atoms with van der Waals surface area (Å²) in [5.41, 5.74) is 20.6. The number of piperazine rings is 2. The number of carbonyl (C=O) groups is 4. The normalized spacial score (nSPS) is 21.3. The molecule has 6 heterocycles. The molecule has 4 fully saturated rings. The zero-order valence-corrected chi connectivity index (χ0v) is 44.2. The van der Waals surface area contributed by atoms with Gasteiger partial charge < -0.3 is 31.1 Å². The van der Waals surface area contributed by atoms with Crippen molar-refractivity contribution >= 4 is 78.9 Å². The van der Waals surface area contributed by atoms with E-state index in [1.54, 1.807) is 9.80 Å². The van der Waals surface area contributed by atoms with Crippen LogP contribution in [0.3, 0.4) is 0 Å². The van der Waals surface area contributed by atoms with Crippen molar-refractivity contribution in [3.8, 4) is 0 Å². The van der Waals surface area contributed by atoms with Crippen molar-refractivity contribution in [2.45, 2.75) is 76.3 Å². The maximum atomic E-state index is 13.1. The third-order valence-electron chi connectivity index (χ3n) is 15.4. The number of rotatable bonds is 6. The molecule has 70 heavy (non-hydrogen) atoms. The largest absolute Gasteiger partial charge is 0.351 e. The van der Waals surface area contributed by atoms with Crippen LogP contribution < -0.4 is 11.5 Å². The molecule has 0 unspecified atom stereocenters. The van der Waals surface area contributed by atoms with Crippen LogP contribution in [-0.2, 0) is 35.3 Å². The Balaban J connectivity index is 0.000000174. The molecule has 0 spiro atoms. The van der Waals surface area contributed by atoms with E-state index in [1.807, 2.05) is 34.3 Å². The molecule has 0 saturated carbocycles. The van der Waals surface area contributed by atoms with E-state index in [4.69, 9.17) is 44.6 Å². The Labute approximate surface area is 437 Å². The number of piperidine rings is 2. The Bertz CT molecular complexity index is 2290. The third-order valence-corrected chi connectivity index (χ3v) is 16.8. The standard InChI is InChI=1S/2C26H31BrClN5O2/c2*27-20-14-19-2-1-18-15-21(28)3-4-22(18)25(24(19)30-16-20)32-11-9-31(10-12-32)23(34)13-17-5-7-33(8-6-17)26(29)35/h2*3-4,14-17,25H,1-2,5-13H2,(H2,29,35)/t2*25-/m10/s1. The molecular weight excluding hydrogens is 1060 g/mol. The van der Waals surface area contributed by atoms with Crippen molar-refractivity contribution in [2.24, 2.45) is 23.3 Å². The Morgan fingerprint density at radius 3 is 1.21 bits per heavy atom. The van der Waals surface area contributed by atoms with Gasteiger partial charge in [-0.25, -0.2) is 9.59 Å². The van der Waals surface area contributed by atoms with Crippen LogP contribution in [-0.4, -0.2) is 142 Å². The molecule has 0 bridgehead atoms. The lowest BCUT2D eigenvalue weighted by molar-refractivity contribution is -0.135. The first-order valence-electron chi connectivity index (χ1n) is 24.8. The first kappa shape index (κ1) is 50.6. The molecule has 2 atom stereocenters. The molecule has 2 aliphatic carbocycles. The summed E-state index contributed by atoms with van der Waals surface area (Å²) in [4.78, 5) is 70.8. The van der Waals surface area contributed by atoms with Crippen molar-refractivity contribution in [1.29, 1.82) is 0 Å². The zero-order chi connectivity index (χ0) is 49.1. The van der Waals surface area contributed by atoms with Crippen LogP contribution in [0.15, 0.2) is 69.9 Å². The Hall–Kier alpha value is -4.32. The van der Waals surface area contributed by atoms with Crippen LogP contribution in [0.25, 0.3) is 0 Å². The van der Waals surface area contributed by atoms with E-state index in [0.717, 1.165) is 108 Å². The number of urea groups is 2. The fourth-order valence-electron chi connectivity index (χ4n) is 11.5. The summed E-state index contributed by atoms with van der Waals surface area (Å²) in [6.07, 6.45) is 12.0. The lowest BCUT2D eigenvalue weighted by atomic mass is 9.93. The molecule has 4 aromatic rings. The van der Waals surface area contributed by atoms with Crippen molar-refractivity contribution in [2.75, 3.05) is 78.5 Å². The summed E-state index contributed by atoms with van der Waals surface area (Å²) in [7, 11) is 0. The average Bonchev–Trinajstić information content (AvgIpc) is 3.61. The van der Waals surface area contributed by atoms with E-state index >= 15 is 0 Å². The van der Waals surface area contributed by atoms with Crippen LogP contribution >= 0.6 is 55.1 Å². The molecule has 18 heteroatoms. The topological polar surface area (TPSA) is 166 Å². The van der Waals surface area contributed by atoms with E-state index in [9.17, 15) is 19.2 Å². The van der Waals surface area contributed by atoms with E-state index in [1.165, 1.54) is 33.4 Å². The third kappa shape index (κ3) is 11.8. The quantitative estimate of drug-likeness (QED) is 0.196. The lowest BCUT2D eigenvalue weighted by Crippen LogP contribution is -2.50. The smallest absolute Gasteiger partial charge is 0.314 e. The number of nitrogens with two attached hydrogens (primary N) is 2. The number of aryl methyl sites for hydroxylation is 4. The van der Waals surface area contributed by atoms with Crippen molar-refractivity contribution in [1.82, 2.24) is 39.4 Å². The number of fused-ring (bicyclic) bond motifs is 4. The number of hydrogen-bond donors (Lipinski definition) is 2. The number of carbonyl (C=O) groups excluding carboxylic acids is 4. The summed E-state index contributed by atoms with van der Waals surface area (Å²) >= 11 is 19.9.